The smallest absolute Gasteiger partial charge is 0.252 e. The average molecular weight is 343 g/mol. The van der Waals surface area contributed by atoms with Crippen LogP contribution in [0.5, 0.6) is 0 Å². The van der Waals surface area contributed by atoms with Crippen LogP contribution in [0, 0.1) is 0 Å². The van der Waals surface area contributed by atoms with Crippen LogP contribution in [-0.4, -0.2) is 19.1 Å². The molecule has 0 unspecified atom stereocenters. The Kier molecular flexibility index (Phi) is 4.55. The predicted octanol–water partition coefficient (Wildman–Crippen LogP) is 4.40. The topological polar surface area (TPSA) is 38.3 Å². The molecule has 0 aromatic heterocycles. The minimum atomic E-state index is -0.112. The van der Waals surface area contributed by atoms with Crippen LogP contribution in [0.15, 0.2) is 78.9 Å². The highest BCUT2D eigenvalue weighted by molar-refractivity contribution is 6.01. The maximum Gasteiger partial charge on any atom is 0.252 e. The number of hydrogen-bond acceptors (Lipinski definition) is 2. The third-order valence-corrected chi connectivity index (χ3v) is 4.99. The van der Waals surface area contributed by atoms with Crippen molar-refractivity contribution >= 4 is 5.91 Å². The van der Waals surface area contributed by atoms with E-state index in [2.05, 4.69) is 17.4 Å². The Hall–Kier alpha value is -2.91. The molecule has 0 fully saturated rings. The van der Waals surface area contributed by atoms with E-state index in [1.165, 1.54) is 5.56 Å². The van der Waals surface area contributed by atoms with Crippen molar-refractivity contribution in [1.82, 2.24) is 5.32 Å². The molecule has 0 spiro atoms. The molecule has 1 aliphatic carbocycles. The molecule has 3 aromatic carbocycles. The van der Waals surface area contributed by atoms with Crippen LogP contribution in [0.1, 0.15) is 27.6 Å². The normalized spacial score (nSPS) is 18.3. The third-order valence-electron chi connectivity index (χ3n) is 4.99. The van der Waals surface area contributed by atoms with E-state index in [1.807, 2.05) is 66.7 Å². The summed E-state index contributed by atoms with van der Waals surface area (Å²) < 4.78 is 5.69. The Labute approximate surface area is 153 Å². The van der Waals surface area contributed by atoms with Crippen molar-refractivity contribution in [3.05, 3.63) is 95.6 Å². The standard InChI is InChI=1S/C23H21NO2/c1-26-22-19-13-6-5-11-17(19)15-21(22)24-23(25)20-14-8-7-12-18(20)16-9-3-2-4-10-16/h2-14,21-22H,15H2,1H3,(H,24,25)/t21-,22+/m1/s1. The summed E-state index contributed by atoms with van der Waals surface area (Å²) in [5, 5.41) is 3.19. The number of carbonyl (C=O) groups excluding carboxylic acids is 1. The highest BCUT2D eigenvalue weighted by Gasteiger charge is 2.33. The second-order valence-electron chi connectivity index (χ2n) is 6.55. The molecule has 0 bridgehead atoms. The van der Waals surface area contributed by atoms with Gasteiger partial charge in [-0.3, -0.25) is 4.79 Å². The average Bonchev–Trinajstić information content (AvgIpc) is 3.05. The molecule has 0 heterocycles. The van der Waals surface area contributed by atoms with Crippen LogP contribution in [0.3, 0.4) is 0 Å². The predicted molar refractivity (Wildman–Crippen MR) is 103 cm³/mol. The van der Waals surface area contributed by atoms with Gasteiger partial charge in [0.25, 0.3) is 5.91 Å². The molecule has 3 aromatic rings. The summed E-state index contributed by atoms with van der Waals surface area (Å²) in [6.45, 7) is 0. The number of rotatable bonds is 4. The van der Waals surface area contributed by atoms with Crippen molar-refractivity contribution in [2.24, 2.45) is 0 Å². The Morgan fingerprint density at radius 3 is 2.42 bits per heavy atom. The molecule has 2 atom stereocenters. The zero-order valence-corrected chi connectivity index (χ0v) is 14.7. The van der Waals surface area contributed by atoms with Crippen LogP contribution >= 0.6 is 0 Å². The van der Waals surface area contributed by atoms with Gasteiger partial charge in [-0.25, -0.2) is 0 Å². The zero-order valence-electron chi connectivity index (χ0n) is 14.7. The summed E-state index contributed by atoms with van der Waals surface area (Å²) >= 11 is 0. The Morgan fingerprint density at radius 1 is 0.923 bits per heavy atom. The number of benzene rings is 3. The van der Waals surface area contributed by atoms with E-state index >= 15 is 0 Å². The largest absolute Gasteiger partial charge is 0.375 e. The molecule has 4 rings (SSSR count). The van der Waals surface area contributed by atoms with Crippen molar-refractivity contribution in [3.63, 3.8) is 0 Å². The van der Waals surface area contributed by atoms with Crippen molar-refractivity contribution in [1.29, 1.82) is 0 Å². The van der Waals surface area contributed by atoms with Crippen LogP contribution in [0.25, 0.3) is 11.1 Å². The van der Waals surface area contributed by atoms with E-state index in [1.54, 1.807) is 7.11 Å². The van der Waals surface area contributed by atoms with E-state index < -0.39 is 0 Å². The zero-order chi connectivity index (χ0) is 17.9. The highest BCUT2D eigenvalue weighted by Crippen LogP contribution is 2.34. The molecule has 1 aliphatic rings. The van der Waals surface area contributed by atoms with Gasteiger partial charge in [-0.2, -0.15) is 0 Å². The van der Waals surface area contributed by atoms with Gasteiger partial charge in [0.1, 0.15) is 6.10 Å². The molecule has 1 N–H and O–H groups in total. The molecule has 0 saturated heterocycles. The fraction of sp³-hybridized carbons (Fsp3) is 0.174. The maximum absolute atomic E-state index is 13.0. The number of methoxy groups -OCH3 is 1. The number of carbonyl (C=O) groups is 1. The highest BCUT2D eigenvalue weighted by atomic mass is 16.5. The molecular weight excluding hydrogens is 322 g/mol. The second kappa shape index (κ2) is 7.14. The van der Waals surface area contributed by atoms with E-state index in [9.17, 15) is 4.79 Å². The molecule has 0 saturated carbocycles. The van der Waals surface area contributed by atoms with Gasteiger partial charge in [0.15, 0.2) is 0 Å². The van der Waals surface area contributed by atoms with E-state index in [0.29, 0.717) is 5.56 Å². The number of nitrogens with one attached hydrogen (secondary N) is 1. The van der Waals surface area contributed by atoms with Gasteiger partial charge >= 0.3 is 0 Å². The summed E-state index contributed by atoms with van der Waals surface area (Å²) in [6.07, 6.45) is 0.674. The fourth-order valence-corrected chi connectivity index (χ4v) is 3.77. The lowest BCUT2D eigenvalue weighted by Gasteiger charge is -2.21. The first-order chi connectivity index (χ1) is 12.8. The molecule has 3 heteroatoms. The van der Waals surface area contributed by atoms with Crippen LogP contribution in [0.2, 0.25) is 0 Å². The van der Waals surface area contributed by atoms with Gasteiger partial charge in [-0.15, -0.1) is 0 Å². The summed E-state index contributed by atoms with van der Waals surface area (Å²) in [5.41, 5.74) is 5.06. The molecular formula is C23H21NO2. The minimum Gasteiger partial charge on any atom is -0.375 e. The Morgan fingerprint density at radius 2 is 1.62 bits per heavy atom. The van der Waals surface area contributed by atoms with Crippen molar-refractivity contribution in [2.75, 3.05) is 7.11 Å². The van der Waals surface area contributed by atoms with E-state index in [-0.39, 0.29) is 18.1 Å². The molecule has 0 aliphatic heterocycles. The van der Waals surface area contributed by atoms with Gasteiger partial charge in [0.2, 0.25) is 0 Å². The van der Waals surface area contributed by atoms with Gasteiger partial charge in [0, 0.05) is 12.7 Å². The van der Waals surface area contributed by atoms with Crippen LogP contribution in [0.4, 0.5) is 0 Å². The van der Waals surface area contributed by atoms with Gasteiger partial charge < -0.3 is 10.1 Å². The molecule has 1 amide bonds. The summed E-state index contributed by atoms with van der Waals surface area (Å²) in [4.78, 5) is 13.0. The minimum absolute atomic E-state index is 0.0614. The number of fused-ring (bicyclic) bond motifs is 1. The van der Waals surface area contributed by atoms with Crippen molar-refractivity contribution < 1.29 is 9.53 Å². The summed E-state index contributed by atoms with van der Waals surface area (Å²) in [5.74, 6) is -0.0655. The molecule has 130 valence electrons. The lowest BCUT2D eigenvalue weighted by molar-refractivity contribution is 0.0675. The monoisotopic (exact) mass is 343 g/mol. The first-order valence-electron chi connectivity index (χ1n) is 8.84. The van der Waals surface area contributed by atoms with E-state index in [0.717, 1.165) is 23.1 Å². The van der Waals surface area contributed by atoms with Crippen molar-refractivity contribution in [2.45, 2.75) is 18.6 Å². The molecule has 26 heavy (non-hydrogen) atoms. The summed E-state index contributed by atoms with van der Waals surface area (Å²) in [7, 11) is 1.70. The maximum atomic E-state index is 13.0. The quantitative estimate of drug-likeness (QED) is 0.763. The van der Waals surface area contributed by atoms with Gasteiger partial charge in [-0.05, 0) is 34.7 Å². The van der Waals surface area contributed by atoms with Crippen LogP contribution < -0.4 is 5.32 Å². The lowest BCUT2D eigenvalue weighted by atomic mass is 9.99. The summed E-state index contributed by atoms with van der Waals surface area (Å²) in [6, 6.07) is 25.9. The second-order valence-corrected chi connectivity index (χ2v) is 6.55. The van der Waals surface area contributed by atoms with E-state index in [4.69, 9.17) is 4.74 Å². The number of hydrogen-bond donors (Lipinski definition) is 1. The van der Waals surface area contributed by atoms with Gasteiger partial charge in [-0.1, -0.05) is 72.8 Å². The first kappa shape index (κ1) is 16.6. The molecule has 0 radical (unpaired) electrons. The number of amides is 1. The third kappa shape index (κ3) is 3.02. The first-order valence-corrected chi connectivity index (χ1v) is 8.84. The Bertz CT molecular complexity index is 920. The SMILES string of the molecule is CO[C@H]1c2ccccc2C[C@H]1NC(=O)c1ccccc1-c1ccccc1. The number of ether oxygens (including phenoxy) is 1. The molecule has 3 nitrogen and oxygen atoms in total. The fourth-order valence-electron chi connectivity index (χ4n) is 3.77. The van der Waals surface area contributed by atoms with Crippen molar-refractivity contribution in [3.8, 4) is 11.1 Å². The Balaban J connectivity index is 1.61. The van der Waals surface area contributed by atoms with Gasteiger partial charge in [0.05, 0.1) is 6.04 Å². The van der Waals surface area contributed by atoms with Crippen LogP contribution in [-0.2, 0) is 11.2 Å². The lowest BCUT2D eigenvalue weighted by Crippen LogP contribution is -2.38.